The Balaban J connectivity index is 2.12. The Hall–Kier alpha value is -3.59. The first-order valence-electron chi connectivity index (χ1n) is 12.2. The van der Waals surface area contributed by atoms with Crippen molar-refractivity contribution in [2.45, 2.75) is 40.2 Å². The Labute approximate surface area is 211 Å². The predicted octanol–water partition coefficient (Wildman–Crippen LogP) is 0.966. The largest absolute Gasteiger partial charge is 0.872 e. The van der Waals surface area contributed by atoms with Gasteiger partial charge < -0.3 is 29.4 Å². The quantitative estimate of drug-likeness (QED) is 0.219. The Morgan fingerprint density at radius 1 is 1.11 bits per heavy atom. The number of methoxy groups -OCH3 is 2. The van der Waals surface area contributed by atoms with Gasteiger partial charge in [0.05, 0.1) is 39.9 Å². The van der Waals surface area contributed by atoms with E-state index in [2.05, 4.69) is 18.8 Å². The second-order valence-electron chi connectivity index (χ2n) is 8.92. The van der Waals surface area contributed by atoms with Gasteiger partial charge in [0.2, 0.25) is 5.78 Å². The number of ether oxygens (including phenoxy) is 2. The van der Waals surface area contributed by atoms with E-state index in [1.807, 2.05) is 0 Å². The van der Waals surface area contributed by atoms with Crippen LogP contribution >= 0.6 is 0 Å². The van der Waals surface area contributed by atoms with E-state index in [0.29, 0.717) is 35.5 Å². The van der Waals surface area contributed by atoms with Gasteiger partial charge in [-0.2, -0.15) is 0 Å². The van der Waals surface area contributed by atoms with E-state index in [1.54, 1.807) is 45.2 Å². The van der Waals surface area contributed by atoms with E-state index in [9.17, 15) is 19.5 Å². The minimum Gasteiger partial charge on any atom is -0.872 e. The molecular formula is C27H35N3O6. The molecule has 3 rings (SSSR count). The summed E-state index contributed by atoms with van der Waals surface area (Å²) in [7, 11) is 2.81. The third-order valence-electron chi connectivity index (χ3n) is 6.94. The molecule has 0 saturated carbocycles. The van der Waals surface area contributed by atoms with Crippen molar-refractivity contribution in [2.75, 3.05) is 40.4 Å². The number of aryl methyl sites for hydroxylation is 1. The van der Waals surface area contributed by atoms with Gasteiger partial charge in [-0.05, 0) is 56.5 Å². The molecule has 2 heterocycles. The molecule has 0 radical (unpaired) electrons. The Bertz CT molecular complexity index is 1160. The number of nitrogens with zero attached hydrogens (tertiary/aromatic N) is 1. The van der Waals surface area contributed by atoms with Crippen LogP contribution in [0.15, 0.2) is 29.8 Å². The number of likely N-dealkylation sites (tertiary alicyclic amines) is 1. The first-order valence-corrected chi connectivity index (χ1v) is 12.2. The topological polar surface area (TPSA) is 116 Å². The molecule has 0 spiro atoms. The van der Waals surface area contributed by atoms with Crippen molar-refractivity contribution in [1.29, 1.82) is 0 Å². The van der Waals surface area contributed by atoms with Crippen LogP contribution in [0, 0.1) is 13.8 Å². The highest BCUT2D eigenvalue weighted by Gasteiger charge is 2.44. The molecule has 0 bridgehead atoms. The Morgan fingerprint density at radius 2 is 1.75 bits per heavy atom. The van der Waals surface area contributed by atoms with Gasteiger partial charge in [0.15, 0.2) is 0 Å². The lowest BCUT2D eigenvalue weighted by Gasteiger charge is -2.28. The van der Waals surface area contributed by atoms with Gasteiger partial charge in [-0.25, -0.2) is 4.79 Å². The van der Waals surface area contributed by atoms with Crippen molar-refractivity contribution in [3.8, 4) is 5.75 Å². The minimum atomic E-state index is -0.828. The third kappa shape index (κ3) is 5.02. The summed E-state index contributed by atoms with van der Waals surface area (Å²) in [6, 6.07) is 6.19. The molecule has 36 heavy (non-hydrogen) atoms. The lowest BCUT2D eigenvalue weighted by Crippen LogP contribution is -3.11. The van der Waals surface area contributed by atoms with Crippen LogP contribution in [-0.4, -0.2) is 67.9 Å². The zero-order valence-corrected chi connectivity index (χ0v) is 21.8. The molecule has 1 amide bonds. The normalized spacial score (nSPS) is 17.2. The maximum absolute atomic E-state index is 13.9. The number of quaternary nitrogens is 1. The second-order valence-corrected chi connectivity index (χ2v) is 8.92. The van der Waals surface area contributed by atoms with Crippen LogP contribution in [0.5, 0.6) is 5.75 Å². The van der Waals surface area contributed by atoms with Gasteiger partial charge in [-0.3, -0.25) is 9.59 Å². The van der Waals surface area contributed by atoms with E-state index >= 15 is 0 Å². The number of H-pyrrole nitrogens is 1. The van der Waals surface area contributed by atoms with Crippen molar-refractivity contribution in [2.24, 2.45) is 0 Å². The Kier molecular flexibility index (Phi) is 8.57. The number of esters is 1. The lowest BCUT2D eigenvalue weighted by molar-refractivity contribution is -0.896. The number of aromatic nitrogens is 1. The zero-order chi connectivity index (χ0) is 26.6. The average Bonchev–Trinajstić information content (AvgIpc) is 3.32. The summed E-state index contributed by atoms with van der Waals surface area (Å²) in [5, 5.41) is 13.9. The summed E-state index contributed by atoms with van der Waals surface area (Å²) in [4.78, 5) is 44.4. The number of carbonyl (C=O) groups is 3. The maximum Gasteiger partial charge on any atom is 0.354 e. The summed E-state index contributed by atoms with van der Waals surface area (Å²) in [6.07, 6.45) is 0.693. The van der Waals surface area contributed by atoms with Crippen LogP contribution in [0.2, 0.25) is 0 Å². The van der Waals surface area contributed by atoms with Crippen LogP contribution in [0.1, 0.15) is 59.2 Å². The van der Waals surface area contributed by atoms with Crippen LogP contribution in [0.3, 0.4) is 0 Å². The monoisotopic (exact) mass is 497 g/mol. The summed E-state index contributed by atoms with van der Waals surface area (Å²) >= 11 is 0. The summed E-state index contributed by atoms with van der Waals surface area (Å²) in [5.41, 5.74) is 1.71. The van der Waals surface area contributed by atoms with Crippen LogP contribution in [0.25, 0.3) is 5.76 Å². The number of ketones is 1. The number of hydrogen-bond acceptors (Lipinski definition) is 6. The van der Waals surface area contributed by atoms with E-state index in [-0.39, 0.29) is 16.8 Å². The molecule has 1 unspecified atom stereocenters. The van der Waals surface area contributed by atoms with E-state index < -0.39 is 29.5 Å². The van der Waals surface area contributed by atoms with Gasteiger partial charge in [0, 0.05) is 24.2 Å². The first kappa shape index (κ1) is 27.0. The standard InChI is InChI=1S/C27H35N3O6/c1-7-29(8-2)14-9-15-30-23(18-10-12-19(35-5)13-11-18)21(25(32)26(30)33)24(31)20-16(3)22(27(34)36-6)28-17(20)4/h10-13,23,28,31H,7-9,14-15H2,1-6H3/b24-21+. The SMILES string of the molecule is CC[NH+](CC)CCCN1C(=O)C(=O)/C(=C(/[O-])c2c(C)[nH]c(C(=O)OC)c2C)C1c1ccc(OC)cc1. The number of amides is 1. The van der Waals surface area contributed by atoms with E-state index in [0.717, 1.165) is 19.6 Å². The number of nitrogens with one attached hydrogen (secondary N) is 2. The van der Waals surface area contributed by atoms with Gasteiger partial charge in [0.1, 0.15) is 11.4 Å². The van der Waals surface area contributed by atoms with Gasteiger partial charge in [-0.1, -0.05) is 17.9 Å². The van der Waals surface area contributed by atoms with Crippen molar-refractivity contribution < 1.29 is 33.9 Å². The fourth-order valence-corrected chi connectivity index (χ4v) is 4.87. The number of hydrogen-bond donors (Lipinski definition) is 2. The molecule has 1 aliphatic heterocycles. The highest BCUT2D eigenvalue weighted by atomic mass is 16.5. The van der Waals surface area contributed by atoms with Gasteiger partial charge >= 0.3 is 5.97 Å². The first-order chi connectivity index (χ1) is 17.2. The van der Waals surface area contributed by atoms with Crippen molar-refractivity contribution >= 4 is 23.4 Å². The summed E-state index contributed by atoms with van der Waals surface area (Å²) < 4.78 is 10.1. The van der Waals surface area contributed by atoms with E-state index in [1.165, 1.54) is 16.9 Å². The zero-order valence-electron chi connectivity index (χ0n) is 21.8. The Morgan fingerprint density at radius 3 is 2.31 bits per heavy atom. The third-order valence-corrected chi connectivity index (χ3v) is 6.94. The smallest absolute Gasteiger partial charge is 0.354 e. The predicted molar refractivity (Wildman–Crippen MR) is 133 cm³/mol. The maximum atomic E-state index is 13.9. The fourth-order valence-electron chi connectivity index (χ4n) is 4.87. The van der Waals surface area contributed by atoms with Crippen LogP contribution in [-0.2, 0) is 14.3 Å². The lowest BCUT2D eigenvalue weighted by atomic mass is 9.94. The molecule has 1 atom stereocenters. The number of carbonyl (C=O) groups excluding carboxylic acids is 3. The summed E-state index contributed by atoms with van der Waals surface area (Å²) in [5.74, 6) is -2.05. The van der Waals surface area contributed by atoms with Crippen molar-refractivity contribution in [1.82, 2.24) is 9.88 Å². The van der Waals surface area contributed by atoms with Crippen molar-refractivity contribution in [3.05, 3.63) is 57.9 Å². The van der Waals surface area contributed by atoms with Crippen LogP contribution < -0.4 is 14.7 Å². The molecular weight excluding hydrogens is 462 g/mol. The average molecular weight is 498 g/mol. The fraction of sp³-hybridized carbons (Fsp3) is 0.444. The molecule has 1 fully saturated rings. The molecule has 1 saturated heterocycles. The highest BCUT2D eigenvalue weighted by molar-refractivity contribution is 6.46. The molecule has 1 aromatic carbocycles. The van der Waals surface area contributed by atoms with Gasteiger partial charge in [-0.15, -0.1) is 0 Å². The number of rotatable bonds is 10. The molecule has 194 valence electrons. The van der Waals surface area contributed by atoms with Crippen molar-refractivity contribution in [3.63, 3.8) is 0 Å². The van der Waals surface area contributed by atoms with Crippen LogP contribution in [0.4, 0.5) is 0 Å². The number of benzene rings is 1. The molecule has 1 aliphatic rings. The molecule has 0 aliphatic carbocycles. The van der Waals surface area contributed by atoms with E-state index in [4.69, 9.17) is 9.47 Å². The second kappa shape index (κ2) is 11.4. The molecule has 2 aromatic rings. The molecule has 9 heteroatoms. The molecule has 2 N–H and O–H groups in total. The molecule has 9 nitrogen and oxygen atoms in total. The number of Topliss-reactive ketones (excluding diaryl/α,β-unsaturated/α-hetero) is 1. The molecule has 1 aromatic heterocycles. The summed E-state index contributed by atoms with van der Waals surface area (Å²) in [6.45, 7) is 10.6. The van der Waals surface area contributed by atoms with Gasteiger partial charge in [0.25, 0.3) is 5.91 Å². The number of aromatic amines is 1. The minimum absolute atomic E-state index is 0.109. The highest BCUT2D eigenvalue weighted by Crippen LogP contribution is 2.40.